The summed E-state index contributed by atoms with van der Waals surface area (Å²) in [5, 5.41) is 12.8. The summed E-state index contributed by atoms with van der Waals surface area (Å²) in [5.74, 6) is 0.0862. The Kier molecular flexibility index (Phi) is 5.91. The summed E-state index contributed by atoms with van der Waals surface area (Å²) < 4.78 is 10.3. The highest BCUT2D eigenvalue weighted by molar-refractivity contribution is 5.97. The third-order valence-corrected chi connectivity index (χ3v) is 4.14. The highest BCUT2D eigenvalue weighted by Gasteiger charge is 2.15. The van der Waals surface area contributed by atoms with Crippen molar-refractivity contribution in [3.05, 3.63) is 77.9 Å². The molecule has 0 spiro atoms. The Morgan fingerprint density at radius 2 is 1.75 bits per heavy atom. The minimum Gasteiger partial charge on any atom is -0.504 e. The second-order valence-corrected chi connectivity index (χ2v) is 5.96. The second-order valence-electron chi connectivity index (χ2n) is 5.96. The number of hydrogen-bond acceptors (Lipinski definition) is 5. The van der Waals surface area contributed by atoms with E-state index in [2.05, 4.69) is 5.32 Å². The van der Waals surface area contributed by atoms with Gasteiger partial charge in [-0.05, 0) is 29.3 Å². The van der Waals surface area contributed by atoms with E-state index in [4.69, 9.17) is 9.47 Å². The molecule has 0 heterocycles. The molecule has 6 nitrogen and oxygen atoms in total. The lowest BCUT2D eigenvalue weighted by molar-refractivity contribution is 0.112. The molecule has 0 unspecified atom stereocenters. The average molecular weight is 377 g/mol. The van der Waals surface area contributed by atoms with Crippen LogP contribution in [0.4, 0.5) is 10.5 Å². The molecule has 1 amide bonds. The Balaban J connectivity index is 1.85. The van der Waals surface area contributed by atoms with Gasteiger partial charge in [0.05, 0.1) is 12.8 Å². The van der Waals surface area contributed by atoms with Crippen LogP contribution in [0.2, 0.25) is 0 Å². The van der Waals surface area contributed by atoms with E-state index in [1.807, 2.05) is 30.3 Å². The van der Waals surface area contributed by atoms with Gasteiger partial charge in [-0.25, -0.2) is 4.79 Å². The predicted octanol–water partition coefficient (Wildman–Crippen LogP) is 4.63. The van der Waals surface area contributed by atoms with Crippen LogP contribution >= 0.6 is 0 Å². The van der Waals surface area contributed by atoms with Gasteiger partial charge < -0.3 is 14.6 Å². The molecular weight excluding hydrogens is 358 g/mol. The molecular formula is C22H19NO5. The molecule has 0 fully saturated rings. The van der Waals surface area contributed by atoms with E-state index in [1.165, 1.54) is 19.2 Å². The number of carbonyl (C=O) groups is 2. The highest BCUT2D eigenvalue weighted by Crippen LogP contribution is 2.37. The van der Waals surface area contributed by atoms with Gasteiger partial charge in [-0.3, -0.25) is 10.1 Å². The van der Waals surface area contributed by atoms with Crippen molar-refractivity contribution in [1.82, 2.24) is 0 Å². The predicted molar refractivity (Wildman–Crippen MR) is 106 cm³/mol. The molecule has 3 aromatic rings. The zero-order valence-corrected chi connectivity index (χ0v) is 15.2. The van der Waals surface area contributed by atoms with Gasteiger partial charge in [0.1, 0.15) is 6.61 Å². The van der Waals surface area contributed by atoms with E-state index in [0.717, 1.165) is 5.56 Å². The monoisotopic (exact) mass is 377 g/mol. The van der Waals surface area contributed by atoms with Crippen molar-refractivity contribution in [3.63, 3.8) is 0 Å². The van der Waals surface area contributed by atoms with Crippen molar-refractivity contribution >= 4 is 18.1 Å². The maximum absolute atomic E-state index is 12.2. The van der Waals surface area contributed by atoms with Crippen molar-refractivity contribution < 1.29 is 24.2 Å². The number of rotatable bonds is 6. The van der Waals surface area contributed by atoms with Gasteiger partial charge in [-0.2, -0.15) is 0 Å². The molecule has 0 atom stereocenters. The molecule has 0 aliphatic rings. The Hall–Kier alpha value is -3.80. The first-order valence-corrected chi connectivity index (χ1v) is 8.55. The van der Waals surface area contributed by atoms with E-state index in [0.29, 0.717) is 28.7 Å². The zero-order valence-electron chi connectivity index (χ0n) is 15.2. The van der Waals surface area contributed by atoms with Gasteiger partial charge in [0.15, 0.2) is 17.8 Å². The lowest BCUT2D eigenvalue weighted by Crippen LogP contribution is -2.14. The quantitative estimate of drug-likeness (QED) is 0.612. The number of benzene rings is 3. The topological polar surface area (TPSA) is 84.9 Å². The van der Waals surface area contributed by atoms with Crippen LogP contribution in [-0.4, -0.2) is 24.6 Å². The number of anilines is 1. The number of aromatic hydroxyl groups is 1. The lowest BCUT2D eigenvalue weighted by Gasteiger charge is -2.14. The number of carbonyl (C=O) groups excluding carboxylic acids is 2. The summed E-state index contributed by atoms with van der Waals surface area (Å²) in [6.07, 6.45) is 0.0450. The van der Waals surface area contributed by atoms with Crippen LogP contribution < -0.4 is 10.1 Å². The Labute approximate surface area is 162 Å². The maximum atomic E-state index is 12.2. The zero-order chi connectivity index (χ0) is 19.9. The maximum Gasteiger partial charge on any atom is 0.411 e. The van der Waals surface area contributed by atoms with E-state index >= 15 is 0 Å². The van der Waals surface area contributed by atoms with Crippen LogP contribution in [-0.2, 0) is 11.3 Å². The second kappa shape index (κ2) is 8.73. The minimum absolute atomic E-state index is 0.107. The van der Waals surface area contributed by atoms with Crippen LogP contribution in [0.15, 0.2) is 66.7 Å². The number of aldehydes is 1. The Bertz CT molecular complexity index is 985. The molecule has 3 rings (SSSR count). The number of amides is 1. The van der Waals surface area contributed by atoms with Crippen molar-refractivity contribution in [3.8, 4) is 22.6 Å². The fourth-order valence-electron chi connectivity index (χ4n) is 2.77. The third kappa shape index (κ3) is 4.29. The van der Waals surface area contributed by atoms with Gasteiger partial charge in [0.2, 0.25) is 0 Å². The molecule has 0 aliphatic heterocycles. The summed E-state index contributed by atoms with van der Waals surface area (Å²) in [4.78, 5) is 23.7. The minimum atomic E-state index is -0.623. The summed E-state index contributed by atoms with van der Waals surface area (Å²) in [7, 11) is 1.40. The van der Waals surface area contributed by atoms with Gasteiger partial charge in [0, 0.05) is 11.1 Å². The molecule has 28 heavy (non-hydrogen) atoms. The van der Waals surface area contributed by atoms with Gasteiger partial charge in [-0.1, -0.05) is 48.5 Å². The number of hydrogen-bond donors (Lipinski definition) is 2. The Morgan fingerprint density at radius 1 is 1.04 bits per heavy atom. The standard InChI is InChI=1S/C22H19NO5/c1-27-21-11-16(13-24)18(12-20(21)25)17-9-5-6-10-19(17)23-22(26)28-14-15-7-3-2-4-8-15/h2-13,25H,14H2,1H3,(H,23,26). The van der Waals surface area contributed by atoms with Gasteiger partial charge >= 0.3 is 6.09 Å². The number of para-hydroxylation sites is 1. The van der Waals surface area contributed by atoms with Crippen molar-refractivity contribution in [2.75, 3.05) is 12.4 Å². The summed E-state index contributed by atoms with van der Waals surface area (Å²) in [6.45, 7) is 0.137. The smallest absolute Gasteiger partial charge is 0.411 e. The summed E-state index contributed by atoms with van der Waals surface area (Å²) in [6, 6.07) is 19.2. The largest absolute Gasteiger partial charge is 0.504 e. The van der Waals surface area contributed by atoms with Crippen LogP contribution in [0.25, 0.3) is 11.1 Å². The molecule has 0 saturated carbocycles. The van der Waals surface area contributed by atoms with Gasteiger partial charge in [0.25, 0.3) is 0 Å². The molecule has 6 heteroatoms. The van der Waals surface area contributed by atoms with E-state index < -0.39 is 6.09 Å². The van der Waals surface area contributed by atoms with Crippen molar-refractivity contribution in [2.24, 2.45) is 0 Å². The molecule has 0 aromatic heterocycles. The molecule has 2 N–H and O–H groups in total. The molecule has 0 aliphatic carbocycles. The fourth-order valence-corrected chi connectivity index (χ4v) is 2.77. The summed E-state index contributed by atoms with van der Waals surface area (Å²) in [5.41, 5.74) is 2.68. The first-order chi connectivity index (χ1) is 13.6. The fraction of sp³-hybridized carbons (Fsp3) is 0.0909. The molecule has 0 saturated heterocycles. The number of ether oxygens (including phenoxy) is 2. The highest BCUT2D eigenvalue weighted by atomic mass is 16.5. The van der Waals surface area contributed by atoms with Crippen molar-refractivity contribution in [1.29, 1.82) is 0 Å². The lowest BCUT2D eigenvalue weighted by atomic mass is 9.98. The summed E-state index contributed by atoms with van der Waals surface area (Å²) >= 11 is 0. The SMILES string of the molecule is COc1cc(C=O)c(-c2ccccc2NC(=O)OCc2ccccc2)cc1O. The third-order valence-electron chi connectivity index (χ3n) is 4.14. The van der Waals surface area contributed by atoms with Crippen molar-refractivity contribution in [2.45, 2.75) is 6.61 Å². The number of phenolic OH excluding ortho intramolecular Hbond substituents is 1. The number of methoxy groups -OCH3 is 1. The molecule has 0 radical (unpaired) electrons. The van der Waals surface area contributed by atoms with Crippen LogP contribution in [0.3, 0.4) is 0 Å². The molecule has 0 bridgehead atoms. The number of nitrogens with one attached hydrogen (secondary N) is 1. The normalized spacial score (nSPS) is 10.2. The first-order valence-electron chi connectivity index (χ1n) is 8.55. The van der Waals surface area contributed by atoms with Crippen LogP contribution in [0.1, 0.15) is 15.9 Å². The Morgan fingerprint density at radius 3 is 2.46 bits per heavy atom. The van der Waals surface area contributed by atoms with E-state index in [-0.39, 0.29) is 18.1 Å². The van der Waals surface area contributed by atoms with E-state index in [1.54, 1.807) is 24.3 Å². The molecule has 3 aromatic carbocycles. The van der Waals surface area contributed by atoms with Crippen LogP contribution in [0, 0.1) is 0 Å². The average Bonchev–Trinajstić information content (AvgIpc) is 2.73. The van der Waals surface area contributed by atoms with Crippen LogP contribution in [0.5, 0.6) is 11.5 Å². The molecule has 142 valence electrons. The van der Waals surface area contributed by atoms with Gasteiger partial charge in [-0.15, -0.1) is 0 Å². The van der Waals surface area contributed by atoms with E-state index in [9.17, 15) is 14.7 Å². The number of phenols is 1. The first kappa shape index (κ1) is 19.0.